The van der Waals surface area contributed by atoms with E-state index in [1.165, 1.54) is 6.92 Å². The van der Waals surface area contributed by atoms with Gasteiger partial charge in [0.25, 0.3) is 0 Å². The molecule has 0 aliphatic carbocycles. The minimum atomic E-state index is -1.21. The Morgan fingerprint density at radius 1 is 1.32 bits per heavy atom. The van der Waals surface area contributed by atoms with Gasteiger partial charge >= 0.3 is 12.1 Å². The quantitative estimate of drug-likeness (QED) is 0.718. The van der Waals surface area contributed by atoms with E-state index >= 15 is 0 Å². The predicted molar refractivity (Wildman–Crippen MR) is 67.5 cm³/mol. The number of aliphatic carboxylic acids is 1. The van der Waals surface area contributed by atoms with Gasteiger partial charge in [-0.05, 0) is 12.5 Å². The molecule has 2 atom stereocenters. The van der Waals surface area contributed by atoms with Crippen LogP contribution in [0.2, 0.25) is 0 Å². The van der Waals surface area contributed by atoms with E-state index in [1.807, 2.05) is 18.2 Å². The summed E-state index contributed by atoms with van der Waals surface area (Å²) in [5.41, 5.74) is 0.806. The minimum Gasteiger partial charge on any atom is -0.480 e. The van der Waals surface area contributed by atoms with E-state index in [0.29, 0.717) is 0 Å². The third-order valence-electron chi connectivity index (χ3n) is 2.38. The molecule has 6 heteroatoms. The maximum Gasteiger partial charge on any atom is 0.408 e. The Morgan fingerprint density at radius 3 is 2.47 bits per heavy atom. The molecule has 1 amide bonds. The van der Waals surface area contributed by atoms with E-state index in [0.717, 1.165) is 5.56 Å². The Bertz CT molecular complexity index is 418. The van der Waals surface area contributed by atoms with Crippen molar-refractivity contribution >= 4 is 12.1 Å². The monoisotopic (exact) mass is 267 g/mol. The fourth-order valence-corrected chi connectivity index (χ4v) is 1.47. The van der Waals surface area contributed by atoms with Crippen molar-refractivity contribution in [1.29, 1.82) is 0 Å². The molecule has 0 aromatic heterocycles. The van der Waals surface area contributed by atoms with Gasteiger partial charge in [0.05, 0.1) is 6.10 Å². The lowest BCUT2D eigenvalue weighted by Crippen LogP contribution is -2.42. The van der Waals surface area contributed by atoms with E-state index in [9.17, 15) is 9.59 Å². The molecule has 19 heavy (non-hydrogen) atoms. The van der Waals surface area contributed by atoms with Gasteiger partial charge in [0.1, 0.15) is 12.6 Å². The van der Waals surface area contributed by atoms with Crippen LogP contribution in [0.25, 0.3) is 0 Å². The molecule has 0 aliphatic heterocycles. The molecule has 0 radical (unpaired) electrons. The van der Waals surface area contributed by atoms with Gasteiger partial charge in [-0.25, -0.2) is 9.59 Å². The summed E-state index contributed by atoms with van der Waals surface area (Å²) in [4.78, 5) is 22.3. The number of hydrogen-bond acceptors (Lipinski definition) is 4. The molecule has 104 valence electrons. The van der Waals surface area contributed by atoms with Gasteiger partial charge in [-0.15, -0.1) is 0 Å². The first-order chi connectivity index (χ1) is 8.99. The van der Waals surface area contributed by atoms with Crippen molar-refractivity contribution in [3.05, 3.63) is 35.9 Å². The molecule has 0 aliphatic rings. The van der Waals surface area contributed by atoms with Crippen molar-refractivity contribution in [3.8, 4) is 0 Å². The average Bonchev–Trinajstić information content (AvgIpc) is 2.36. The molecule has 1 unspecified atom stereocenters. The maximum atomic E-state index is 11.4. The number of aliphatic hydroxyl groups excluding tert-OH is 1. The van der Waals surface area contributed by atoms with Gasteiger partial charge in [-0.2, -0.15) is 0 Å². The van der Waals surface area contributed by atoms with Gasteiger partial charge in [-0.1, -0.05) is 30.3 Å². The first kappa shape index (κ1) is 15.0. The Balaban J connectivity index is 2.42. The predicted octanol–water partition coefficient (Wildman–Crippen LogP) is 1.14. The van der Waals surface area contributed by atoms with Crippen LogP contribution in [0.15, 0.2) is 30.3 Å². The smallest absolute Gasteiger partial charge is 0.408 e. The molecule has 3 N–H and O–H groups in total. The molecule has 0 heterocycles. The number of carboxylic acids is 1. The second kappa shape index (κ2) is 7.38. The van der Waals surface area contributed by atoms with Gasteiger partial charge in [0.2, 0.25) is 0 Å². The number of rotatable bonds is 6. The molecular weight excluding hydrogens is 250 g/mol. The zero-order chi connectivity index (χ0) is 14.3. The Labute approximate surface area is 111 Å². The third-order valence-corrected chi connectivity index (χ3v) is 2.38. The van der Waals surface area contributed by atoms with E-state index in [-0.39, 0.29) is 13.0 Å². The highest BCUT2D eigenvalue weighted by atomic mass is 16.5. The zero-order valence-corrected chi connectivity index (χ0v) is 10.6. The SMILES string of the molecule is CC(O)C[C@H](NC(=O)OCc1ccccc1)C(=O)O. The highest BCUT2D eigenvalue weighted by Crippen LogP contribution is 2.02. The number of nitrogens with one attached hydrogen (secondary N) is 1. The number of amides is 1. The van der Waals surface area contributed by atoms with Crippen LogP contribution in [0.4, 0.5) is 4.79 Å². The average molecular weight is 267 g/mol. The first-order valence-corrected chi connectivity index (χ1v) is 5.87. The van der Waals surface area contributed by atoms with Crippen LogP contribution in [-0.2, 0) is 16.1 Å². The summed E-state index contributed by atoms with van der Waals surface area (Å²) in [6.45, 7) is 1.51. The molecule has 0 bridgehead atoms. The number of carboxylic acid groups (broad SMARTS) is 1. The Hall–Kier alpha value is -2.08. The molecule has 1 aromatic carbocycles. The van der Waals surface area contributed by atoms with Crippen molar-refractivity contribution in [2.45, 2.75) is 32.1 Å². The van der Waals surface area contributed by atoms with Crippen LogP contribution >= 0.6 is 0 Å². The summed E-state index contributed by atoms with van der Waals surface area (Å²) in [5, 5.41) is 20.2. The molecular formula is C13H17NO5. The topological polar surface area (TPSA) is 95.9 Å². The Morgan fingerprint density at radius 2 is 1.95 bits per heavy atom. The molecule has 0 spiro atoms. The summed E-state index contributed by atoms with van der Waals surface area (Å²) in [5.74, 6) is -1.21. The van der Waals surface area contributed by atoms with Crippen LogP contribution in [0, 0.1) is 0 Å². The highest BCUT2D eigenvalue weighted by molar-refractivity contribution is 5.79. The van der Waals surface area contributed by atoms with Crippen LogP contribution in [0.1, 0.15) is 18.9 Å². The Kier molecular flexibility index (Phi) is 5.81. The fraction of sp³-hybridized carbons (Fsp3) is 0.385. The number of ether oxygens (including phenoxy) is 1. The molecule has 6 nitrogen and oxygen atoms in total. The van der Waals surface area contributed by atoms with Crippen molar-refractivity contribution < 1.29 is 24.5 Å². The van der Waals surface area contributed by atoms with Gasteiger partial charge in [0.15, 0.2) is 0 Å². The van der Waals surface area contributed by atoms with Crippen LogP contribution in [0.3, 0.4) is 0 Å². The molecule has 0 fully saturated rings. The van der Waals surface area contributed by atoms with Crippen LogP contribution in [-0.4, -0.2) is 34.4 Å². The van der Waals surface area contributed by atoms with E-state index < -0.39 is 24.2 Å². The normalized spacial score (nSPS) is 13.4. The lowest BCUT2D eigenvalue weighted by molar-refractivity contribution is -0.140. The van der Waals surface area contributed by atoms with E-state index in [1.54, 1.807) is 12.1 Å². The number of carbonyl (C=O) groups excluding carboxylic acids is 1. The first-order valence-electron chi connectivity index (χ1n) is 5.87. The van der Waals surface area contributed by atoms with E-state index in [2.05, 4.69) is 5.32 Å². The number of carbonyl (C=O) groups is 2. The largest absolute Gasteiger partial charge is 0.480 e. The summed E-state index contributed by atoms with van der Waals surface area (Å²) < 4.78 is 4.90. The van der Waals surface area contributed by atoms with Gasteiger partial charge in [-0.3, -0.25) is 0 Å². The second-order valence-electron chi connectivity index (χ2n) is 4.18. The summed E-state index contributed by atoms with van der Waals surface area (Å²) in [6.07, 6.45) is -1.72. The third kappa shape index (κ3) is 5.87. The zero-order valence-electron chi connectivity index (χ0n) is 10.6. The van der Waals surface area contributed by atoms with Gasteiger partial charge < -0.3 is 20.3 Å². The van der Waals surface area contributed by atoms with Crippen LogP contribution in [0.5, 0.6) is 0 Å². The van der Waals surface area contributed by atoms with Gasteiger partial charge in [0, 0.05) is 6.42 Å². The lowest BCUT2D eigenvalue weighted by atomic mass is 10.1. The minimum absolute atomic E-state index is 0.0632. The lowest BCUT2D eigenvalue weighted by Gasteiger charge is -2.15. The molecule has 0 saturated carbocycles. The summed E-state index contributed by atoms with van der Waals surface area (Å²) in [6, 6.07) is 7.87. The van der Waals surface area contributed by atoms with Crippen molar-refractivity contribution in [3.63, 3.8) is 0 Å². The van der Waals surface area contributed by atoms with Crippen LogP contribution < -0.4 is 5.32 Å². The van der Waals surface area contributed by atoms with Crippen molar-refractivity contribution in [2.75, 3.05) is 0 Å². The number of benzene rings is 1. The van der Waals surface area contributed by atoms with Crippen molar-refractivity contribution in [2.24, 2.45) is 0 Å². The summed E-state index contributed by atoms with van der Waals surface area (Å²) >= 11 is 0. The maximum absolute atomic E-state index is 11.4. The molecule has 1 aromatic rings. The highest BCUT2D eigenvalue weighted by Gasteiger charge is 2.22. The standard InChI is InChI=1S/C13H17NO5/c1-9(15)7-11(12(16)17)14-13(18)19-8-10-5-3-2-4-6-10/h2-6,9,11,15H,7-8H2,1H3,(H,14,18)(H,16,17)/t9?,11-/m0/s1. The number of aliphatic hydroxyl groups is 1. The fourth-order valence-electron chi connectivity index (χ4n) is 1.47. The number of alkyl carbamates (subject to hydrolysis) is 1. The second-order valence-corrected chi connectivity index (χ2v) is 4.18. The summed E-state index contributed by atoms with van der Waals surface area (Å²) in [7, 11) is 0. The number of hydrogen-bond donors (Lipinski definition) is 3. The van der Waals surface area contributed by atoms with E-state index in [4.69, 9.17) is 14.9 Å². The molecule has 1 rings (SSSR count). The molecule has 0 saturated heterocycles. The van der Waals surface area contributed by atoms with Crippen molar-refractivity contribution in [1.82, 2.24) is 5.32 Å².